The van der Waals surface area contributed by atoms with Gasteiger partial charge in [-0.3, -0.25) is 0 Å². The van der Waals surface area contributed by atoms with Crippen LogP contribution < -0.4 is 5.73 Å². The van der Waals surface area contributed by atoms with Crippen LogP contribution in [-0.4, -0.2) is 11.0 Å². The average molecular weight is 235 g/mol. The largest absolute Gasteiger partial charge is 0.323 e. The molecule has 0 bridgehead atoms. The summed E-state index contributed by atoms with van der Waals surface area (Å²) >= 11 is 2.05. The Morgan fingerprint density at radius 3 is 2.69 bits per heavy atom. The summed E-state index contributed by atoms with van der Waals surface area (Å²) in [5, 5.41) is 0.621. The summed E-state index contributed by atoms with van der Waals surface area (Å²) in [6.45, 7) is 4.32. The molecule has 1 heterocycles. The maximum Gasteiger partial charge on any atom is 0.0415 e. The van der Waals surface area contributed by atoms with Gasteiger partial charge in [0.05, 0.1) is 0 Å². The van der Waals surface area contributed by atoms with Crippen molar-refractivity contribution in [3.05, 3.63) is 34.9 Å². The number of rotatable bonds is 2. The number of thioether (sulfide) groups is 1. The highest BCUT2D eigenvalue weighted by Gasteiger charge is 2.22. The van der Waals surface area contributed by atoms with E-state index in [9.17, 15) is 0 Å². The van der Waals surface area contributed by atoms with Crippen molar-refractivity contribution in [2.24, 2.45) is 5.73 Å². The van der Waals surface area contributed by atoms with Gasteiger partial charge in [-0.05, 0) is 49.1 Å². The first-order chi connectivity index (χ1) is 7.68. The van der Waals surface area contributed by atoms with E-state index in [-0.39, 0.29) is 6.04 Å². The summed E-state index contributed by atoms with van der Waals surface area (Å²) < 4.78 is 0. The summed E-state index contributed by atoms with van der Waals surface area (Å²) in [6.07, 6.45) is 3.98. The molecule has 88 valence electrons. The van der Waals surface area contributed by atoms with Crippen LogP contribution in [0.15, 0.2) is 18.2 Å². The summed E-state index contributed by atoms with van der Waals surface area (Å²) in [7, 11) is 0. The van der Waals surface area contributed by atoms with Crippen molar-refractivity contribution in [3.8, 4) is 0 Å². The highest BCUT2D eigenvalue weighted by Crippen LogP contribution is 2.33. The smallest absolute Gasteiger partial charge is 0.0415 e. The molecule has 2 unspecified atom stereocenters. The van der Waals surface area contributed by atoms with E-state index in [0.717, 1.165) is 0 Å². The second kappa shape index (κ2) is 5.24. The lowest BCUT2D eigenvalue weighted by molar-refractivity contribution is 0.582. The van der Waals surface area contributed by atoms with Crippen LogP contribution in [0, 0.1) is 13.8 Å². The first-order valence-electron chi connectivity index (χ1n) is 6.13. The minimum absolute atomic E-state index is 0.213. The van der Waals surface area contributed by atoms with Gasteiger partial charge < -0.3 is 5.73 Å². The van der Waals surface area contributed by atoms with Gasteiger partial charge in [0.1, 0.15) is 0 Å². The molecule has 1 saturated heterocycles. The third-order valence-electron chi connectivity index (χ3n) is 3.53. The number of benzene rings is 1. The molecule has 1 fully saturated rings. The van der Waals surface area contributed by atoms with Gasteiger partial charge >= 0.3 is 0 Å². The van der Waals surface area contributed by atoms with Crippen LogP contribution in [0.3, 0.4) is 0 Å². The number of hydrogen-bond donors (Lipinski definition) is 1. The number of nitrogens with two attached hydrogens (primary N) is 1. The van der Waals surface area contributed by atoms with Crippen molar-refractivity contribution >= 4 is 11.8 Å². The molecule has 0 radical (unpaired) electrons. The lowest BCUT2D eigenvalue weighted by Crippen LogP contribution is -2.26. The van der Waals surface area contributed by atoms with Gasteiger partial charge in [-0.1, -0.05) is 24.6 Å². The Balaban J connectivity index is 2.12. The molecule has 1 aromatic carbocycles. The summed E-state index contributed by atoms with van der Waals surface area (Å²) in [6, 6.07) is 6.86. The summed E-state index contributed by atoms with van der Waals surface area (Å²) in [4.78, 5) is 0. The van der Waals surface area contributed by atoms with Crippen molar-refractivity contribution in [2.75, 3.05) is 5.75 Å². The molecule has 2 atom stereocenters. The fourth-order valence-corrected chi connectivity index (χ4v) is 3.61. The van der Waals surface area contributed by atoms with Crippen molar-refractivity contribution in [1.82, 2.24) is 0 Å². The van der Waals surface area contributed by atoms with E-state index < -0.39 is 0 Å². The summed E-state index contributed by atoms with van der Waals surface area (Å²) in [5.74, 6) is 1.28. The molecule has 0 saturated carbocycles. The molecule has 2 N–H and O–H groups in total. The quantitative estimate of drug-likeness (QED) is 0.847. The Morgan fingerprint density at radius 1 is 1.25 bits per heavy atom. The van der Waals surface area contributed by atoms with Crippen LogP contribution in [0.25, 0.3) is 0 Å². The third-order valence-corrected chi connectivity index (χ3v) is 5.01. The van der Waals surface area contributed by atoms with Crippen molar-refractivity contribution in [1.29, 1.82) is 0 Å². The van der Waals surface area contributed by atoms with Crippen molar-refractivity contribution in [3.63, 3.8) is 0 Å². The van der Waals surface area contributed by atoms with Crippen LogP contribution in [0.2, 0.25) is 0 Å². The Kier molecular flexibility index (Phi) is 3.93. The molecule has 16 heavy (non-hydrogen) atoms. The molecule has 1 aromatic rings. The molecule has 0 aromatic heterocycles. The molecule has 1 aliphatic heterocycles. The van der Waals surface area contributed by atoms with Crippen molar-refractivity contribution < 1.29 is 0 Å². The third kappa shape index (κ3) is 2.61. The molecule has 0 amide bonds. The van der Waals surface area contributed by atoms with E-state index in [0.29, 0.717) is 5.25 Å². The Labute approximate surface area is 103 Å². The van der Waals surface area contributed by atoms with Crippen LogP contribution in [0.5, 0.6) is 0 Å². The highest BCUT2D eigenvalue weighted by molar-refractivity contribution is 8.00. The predicted molar refractivity (Wildman–Crippen MR) is 72.9 cm³/mol. The van der Waals surface area contributed by atoms with E-state index >= 15 is 0 Å². The van der Waals surface area contributed by atoms with Crippen molar-refractivity contribution in [2.45, 2.75) is 44.4 Å². The van der Waals surface area contributed by atoms with Gasteiger partial charge in [-0.2, -0.15) is 11.8 Å². The zero-order valence-electron chi connectivity index (χ0n) is 10.2. The standard InChI is InChI=1S/C14H21NS/c1-10-6-7-12(9-11(10)2)14(15)13-5-3-4-8-16-13/h6-7,9,13-14H,3-5,8,15H2,1-2H3. The molecule has 0 spiro atoms. The zero-order valence-corrected chi connectivity index (χ0v) is 11.0. The lowest BCUT2D eigenvalue weighted by Gasteiger charge is -2.27. The molecule has 2 heteroatoms. The van der Waals surface area contributed by atoms with Gasteiger partial charge in [-0.15, -0.1) is 0 Å². The SMILES string of the molecule is Cc1ccc(C(N)C2CCCCS2)cc1C. The number of hydrogen-bond acceptors (Lipinski definition) is 2. The Morgan fingerprint density at radius 2 is 2.06 bits per heavy atom. The fraction of sp³-hybridized carbons (Fsp3) is 0.571. The van der Waals surface area contributed by atoms with E-state index in [1.807, 2.05) is 0 Å². The van der Waals surface area contributed by atoms with Crippen LogP contribution >= 0.6 is 11.8 Å². The van der Waals surface area contributed by atoms with E-state index in [1.54, 1.807) is 0 Å². The first-order valence-corrected chi connectivity index (χ1v) is 7.17. The lowest BCUT2D eigenvalue weighted by atomic mass is 9.97. The molecule has 1 aliphatic rings. The van der Waals surface area contributed by atoms with Gasteiger partial charge in [0.25, 0.3) is 0 Å². The highest BCUT2D eigenvalue weighted by atomic mass is 32.2. The first kappa shape index (κ1) is 12.0. The van der Waals surface area contributed by atoms with Gasteiger partial charge in [0, 0.05) is 11.3 Å². The molecule has 0 aliphatic carbocycles. The van der Waals surface area contributed by atoms with Crippen LogP contribution in [-0.2, 0) is 0 Å². The van der Waals surface area contributed by atoms with Gasteiger partial charge in [0.15, 0.2) is 0 Å². The fourth-order valence-electron chi connectivity index (χ4n) is 2.24. The second-order valence-electron chi connectivity index (χ2n) is 4.77. The topological polar surface area (TPSA) is 26.0 Å². The zero-order chi connectivity index (χ0) is 11.5. The maximum absolute atomic E-state index is 6.37. The minimum atomic E-state index is 0.213. The monoisotopic (exact) mass is 235 g/mol. The predicted octanol–water partition coefficient (Wildman–Crippen LogP) is 3.59. The minimum Gasteiger partial charge on any atom is -0.323 e. The molecular weight excluding hydrogens is 214 g/mol. The Hall–Kier alpha value is -0.470. The van der Waals surface area contributed by atoms with Gasteiger partial charge in [0.2, 0.25) is 0 Å². The Bertz CT molecular complexity index is 356. The van der Waals surface area contributed by atoms with E-state index in [4.69, 9.17) is 5.73 Å². The second-order valence-corrected chi connectivity index (χ2v) is 6.12. The molecule has 2 rings (SSSR count). The van der Waals surface area contributed by atoms with Crippen LogP contribution in [0.1, 0.15) is 42.0 Å². The van der Waals surface area contributed by atoms with E-state index in [2.05, 4.69) is 43.8 Å². The van der Waals surface area contributed by atoms with Crippen LogP contribution in [0.4, 0.5) is 0 Å². The maximum atomic E-state index is 6.37. The average Bonchev–Trinajstić information content (AvgIpc) is 2.33. The number of aryl methyl sites for hydroxylation is 2. The molecular formula is C14H21NS. The summed E-state index contributed by atoms with van der Waals surface area (Å²) in [5.41, 5.74) is 10.4. The molecule has 1 nitrogen and oxygen atoms in total. The van der Waals surface area contributed by atoms with E-state index in [1.165, 1.54) is 41.7 Å². The van der Waals surface area contributed by atoms with Gasteiger partial charge in [-0.25, -0.2) is 0 Å². The normalized spacial score (nSPS) is 23.1.